The monoisotopic (exact) mass is 365 g/mol. The van der Waals surface area contributed by atoms with Crippen molar-refractivity contribution in [1.82, 2.24) is 5.32 Å². The van der Waals surface area contributed by atoms with Crippen LogP contribution in [-0.4, -0.2) is 24.3 Å². The number of nitrogens with two attached hydrogens (primary N) is 1. The van der Waals surface area contributed by atoms with Gasteiger partial charge in [0.05, 0.1) is 17.2 Å². The number of carbonyl (C=O) groups is 3. The molecule has 6 nitrogen and oxygen atoms in total. The molecule has 0 spiro atoms. The molecule has 0 bridgehead atoms. The summed E-state index contributed by atoms with van der Waals surface area (Å²) in [7, 11) is 0. The number of carbonyl (C=O) groups excluding carboxylic acids is 3. The van der Waals surface area contributed by atoms with Crippen LogP contribution in [0.2, 0.25) is 0 Å². The van der Waals surface area contributed by atoms with Gasteiger partial charge in [0, 0.05) is 13.0 Å². The predicted molar refractivity (Wildman–Crippen MR) is 103 cm³/mol. The van der Waals surface area contributed by atoms with Crippen LogP contribution >= 0.6 is 0 Å². The molecule has 0 saturated heterocycles. The van der Waals surface area contributed by atoms with Crippen molar-refractivity contribution in [3.8, 4) is 0 Å². The third-order valence-electron chi connectivity index (χ3n) is 4.77. The van der Waals surface area contributed by atoms with E-state index in [9.17, 15) is 14.4 Å². The molecular formula is C21H23N3O3. The molecular weight excluding hydrogens is 342 g/mol. The highest BCUT2D eigenvalue weighted by Gasteiger charge is 2.27. The second kappa shape index (κ2) is 8.49. The highest BCUT2D eigenvalue weighted by molar-refractivity contribution is 6.05. The number of hydrogen-bond donors (Lipinski definition) is 3. The Labute approximate surface area is 158 Å². The summed E-state index contributed by atoms with van der Waals surface area (Å²) in [4.78, 5) is 36.1. The minimum absolute atomic E-state index is 0.0686. The molecule has 0 aromatic heterocycles. The standard InChI is InChI=1S/C21H23N3O3/c22-19(25)12-13-23-20(26)17-9-3-4-11-18(17)24-21(27)16-10-5-7-14-6-1-2-8-15(14)16/h1-4,6,8-9,11,16H,5,7,10,12-13H2,(H2,22,25)(H,23,26)(H,24,27). The molecule has 0 radical (unpaired) electrons. The molecule has 0 fully saturated rings. The molecule has 27 heavy (non-hydrogen) atoms. The third kappa shape index (κ3) is 4.53. The van der Waals surface area contributed by atoms with Crippen molar-refractivity contribution in [3.63, 3.8) is 0 Å². The Morgan fingerprint density at radius 1 is 1.04 bits per heavy atom. The van der Waals surface area contributed by atoms with Crippen molar-refractivity contribution in [1.29, 1.82) is 0 Å². The molecule has 1 atom stereocenters. The van der Waals surface area contributed by atoms with E-state index in [0.717, 1.165) is 24.8 Å². The van der Waals surface area contributed by atoms with Gasteiger partial charge < -0.3 is 16.4 Å². The van der Waals surface area contributed by atoms with Crippen molar-refractivity contribution in [2.24, 2.45) is 5.73 Å². The largest absolute Gasteiger partial charge is 0.370 e. The highest BCUT2D eigenvalue weighted by atomic mass is 16.2. The molecule has 140 valence electrons. The summed E-state index contributed by atoms with van der Waals surface area (Å²) in [6.45, 7) is 0.159. The summed E-state index contributed by atoms with van der Waals surface area (Å²) >= 11 is 0. The van der Waals surface area contributed by atoms with E-state index in [0.29, 0.717) is 11.3 Å². The molecule has 2 aromatic rings. The number of benzene rings is 2. The quantitative estimate of drug-likeness (QED) is 0.732. The van der Waals surface area contributed by atoms with Crippen molar-refractivity contribution < 1.29 is 14.4 Å². The summed E-state index contributed by atoms with van der Waals surface area (Å²) in [6.07, 6.45) is 2.80. The van der Waals surface area contributed by atoms with E-state index in [1.165, 1.54) is 5.56 Å². The molecule has 1 unspecified atom stereocenters. The maximum absolute atomic E-state index is 12.9. The summed E-state index contributed by atoms with van der Waals surface area (Å²) in [5.41, 5.74) is 8.18. The number of anilines is 1. The number of fused-ring (bicyclic) bond motifs is 1. The van der Waals surface area contributed by atoms with Gasteiger partial charge in [-0.2, -0.15) is 0 Å². The van der Waals surface area contributed by atoms with Crippen LogP contribution in [0.3, 0.4) is 0 Å². The van der Waals surface area contributed by atoms with Crippen molar-refractivity contribution in [2.75, 3.05) is 11.9 Å². The maximum atomic E-state index is 12.9. The first-order chi connectivity index (χ1) is 13.1. The van der Waals surface area contributed by atoms with E-state index in [2.05, 4.69) is 16.7 Å². The van der Waals surface area contributed by atoms with E-state index < -0.39 is 5.91 Å². The van der Waals surface area contributed by atoms with Crippen LogP contribution in [0.15, 0.2) is 48.5 Å². The first-order valence-electron chi connectivity index (χ1n) is 9.10. The maximum Gasteiger partial charge on any atom is 0.253 e. The topological polar surface area (TPSA) is 101 Å². The van der Waals surface area contributed by atoms with Gasteiger partial charge in [0.2, 0.25) is 11.8 Å². The van der Waals surface area contributed by atoms with Crippen LogP contribution in [0.25, 0.3) is 0 Å². The molecule has 0 saturated carbocycles. The zero-order chi connectivity index (χ0) is 19.2. The van der Waals surface area contributed by atoms with Crippen molar-refractivity contribution >= 4 is 23.4 Å². The molecule has 3 rings (SSSR count). The number of amides is 3. The molecule has 1 aliphatic carbocycles. The van der Waals surface area contributed by atoms with Gasteiger partial charge in [-0.3, -0.25) is 14.4 Å². The zero-order valence-corrected chi connectivity index (χ0v) is 15.0. The van der Waals surface area contributed by atoms with E-state index in [1.807, 2.05) is 18.2 Å². The lowest BCUT2D eigenvalue weighted by molar-refractivity contribution is -0.118. The number of hydrogen-bond acceptors (Lipinski definition) is 3. The Morgan fingerprint density at radius 3 is 2.59 bits per heavy atom. The molecule has 2 aromatic carbocycles. The third-order valence-corrected chi connectivity index (χ3v) is 4.77. The highest BCUT2D eigenvalue weighted by Crippen LogP contribution is 2.32. The number of rotatable bonds is 6. The zero-order valence-electron chi connectivity index (χ0n) is 15.0. The van der Waals surface area contributed by atoms with Gasteiger partial charge in [0.25, 0.3) is 5.91 Å². The van der Waals surface area contributed by atoms with E-state index in [1.54, 1.807) is 24.3 Å². The number of primary amides is 1. The van der Waals surface area contributed by atoms with Crippen molar-refractivity contribution in [2.45, 2.75) is 31.6 Å². The van der Waals surface area contributed by atoms with Gasteiger partial charge in [-0.25, -0.2) is 0 Å². The minimum Gasteiger partial charge on any atom is -0.370 e. The Balaban J connectivity index is 1.74. The van der Waals surface area contributed by atoms with Gasteiger partial charge in [0.15, 0.2) is 0 Å². The summed E-state index contributed by atoms with van der Waals surface area (Å²) < 4.78 is 0. The minimum atomic E-state index is -0.479. The predicted octanol–water partition coefficient (Wildman–Crippen LogP) is 2.35. The summed E-state index contributed by atoms with van der Waals surface area (Å²) in [5, 5.41) is 5.56. The van der Waals surface area contributed by atoms with Crippen LogP contribution in [0.4, 0.5) is 5.69 Å². The number of nitrogens with one attached hydrogen (secondary N) is 2. The lowest BCUT2D eigenvalue weighted by Crippen LogP contribution is -2.30. The average molecular weight is 365 g/mol. The summed E-state index contributed by atoms with van der Waals surface area (Å²) in [6, 6.07) is 14.9. The van der Waals surface area contributed by atoms with Crippen LogP contribution in [0.1, 0.15) is 46.7 Å². The van der Waals surface area contributed by atoms with Gasteiger partial charge in [-0.15, -0.1) is 0 Å². The molecule has 0 aliphatic heterocycles. The normalized spacial score (nSPS) is 15.5. The molecule has 0 heterocycles. The van der Waals surface area contributed by atoms with Gasteiger partial charge in [-0.1, -0.05) is 36.4 Å². The van der Waals surface area contributed by atoms with E-state index >= 15 is 0 Å². The number of aryl methyl sites for hydroxylation is 1. The van der Waals surface area contributed by atoms with Crippen molar-refractivity contribution in [3.05, 3.63) is 65.2 Å². The Bertz CT molecular complexity index is 863. The van der Waals surface area contributed by atoms with Crippen LogP contribution < -0.4 is 16.4 Å². The molecule has 4 N–H and O–H groups in total. The lowest BCUT2D eigenvalue weighted by Gasteiger charge is -2.25. The summed E-state index contributed by atoms with van der Waals surface area (Å²) in [5.74, 6) is -1.16. The van der Waals surface area contributed by atoms with Gasteiger partial charge >= 0.3 is 0 Å². The van der Waals surface area contributed by atoms with Crippen LogP contribution in [0, 0.1) is 0 Å². The second-order valence-electron chi connectivity index (χ2n) is 6.65. The fourth-order valence-electron chi connectivity index (χ4n) is 3.43. The Kier molecular flexibility index (Phi) is 5.86. The second-order valence-corrected chi connectivity index (χ2v) is 6.65. The van der Waals surface area contributed by atoms with Crippen LogP contribution in [-0.2, 0) is 16.0 Å². The molecule has 6 heteroatoms. The SMILES string of the molecule is NC(=O)CCNC(=O)c1ccccc1NC(=O)C1CCCc2ccccc21. The van der Waals surface area contributed by atoms with E-state index in [-0.39, 0.29) is 30.7 Å². The fraction of sp³-hybridized carbons (Fsp3) is 0.286. The first-order valence-corrected chi connectivity index (χ1v) is 9.10. The first kappa shape index (κ1) is 18.6. The van der Waals surface area contributed by atoms with Gasteiger partial charge in [0.1, 0.15) is 0 Å². The fourth-order valence-corrected chi connectivity index (χ4v) is 3.43. The lowest BCUT2D eigenvalue weighted by atomic mass is 9.82. The Hall–Kier alpha value is -3.15. The van der Waals surface area contributed by atoms with E-state index in [4.69, 9.17) is 5.73 Å². The van der Waals surface area contributed by atoms with Gasteiger partial charge in [-0.05, 0) is 42.5 Å². The number of para-hydroxylation sites is 1. The molecule has 3 amide bonds. The molecule has 1 aliphatic rings. The van der Waals surface area contributed by atoms with Crippen LogP contribution in [0.5, 0.6) is 0 Å². The Morgan fingerprint density at radius 2 is 1.78 bits per heavy atom. The smallest absolute Gasteiger partial charge is 0.253 e. The average Bonchev–Trinajstić information content (AvgIpc) is 2.67.